The lowest BCUT2D eigenvalue weighted by atomic mass is 10.00. The summed E-state index contributed by atoms with van der Waals surface area (Å²) >= 11 is 12.4. The first-order valence-electron chi connectivity index (χ1n) is 14.2. The summed E-state index contributed by atoms with van der Waals surface area (Å²) in [5.41, 5.74) is 6.76. The Hall–Kier alpha value is -3.59. The smallest absolute Gasteiger partial charge is 0.278 e. The van der Waals surface area contributed by atoms with Crippen molar-refractivity contribution in [2.75, 3.05) is 66.9 Å². The highest BCUT2D eigenvalue weighted by molar-refractivity contribution is 6.39. The van der Waals surface area contributed by atoms with Crippen LogP contribution in [0.2, 0.25) is 10.0 Å². The fourth-order valence-corrected chi connectivity index (χ4v) is 4.78. The number of amides is 2. The molecule has 0 saturated heterocycles. The molecule has 0 aliphatic carbocycles. The number of nitrogens with one attached hydrogen (secondary N) is 1. The predicted octanol–water partition coefficient (Wildman–Crippen LogP) is 1.97. The molecule has 244 valence electrons. The number of aryl methyl sites for hydroxylation is 1. The summed E-state index contributed by atoms with van der Waals surface area (Å²) in [7, 11) is 4.64. The number of nitrogens with zero attached hydrogens (tertiary/aromatic N) is 4. The van der Waals surface area contributed by atoms with Crippen LogP contribution in [0, 0.1) is 0 Å². The van der Waals surface area contributed by atoms with Gasteiger partial charge in [0.15, 0.2) is 5.75 Å². The van der Waals surface area contributed by atoms with Crippen molar-refractivity contribution in [1.29, 1.82) is 0 Å². The molecule has 1 aromatic carbocycles. The number of likely N-dealkylation sites (N-methyl/N-ethyl adjacent to an activating group) is 1. The van der Waals surface area contributed by atoms with E-state index in [-0.39, 0.29) is 46.6 Å². The van der Waals surface area contributed by atoms with Gasteiger partial charge in [-0.2, -0.15) is 5.10 Å². The SMILES string of the molecule is COc1cnn(C)c(=O)c1-c1ccc(CC(NC(=O)c2c(Cl)cncc2Cl)C(=O)N(C)CCOCCOCCOCCN)cc1. The molecule has 2 heterocycles. The van der Waals surface area contributed by atoms with Crippen LogP contribution in [0.5, 0.6) is 5.75 Å². The van der Waals surface area contributed by atoms with E-state index in [1.165, 1.54) is 35.3 Å². The normalized spacial score (nSPS) is 11.7. The van der Waals surface area contributed by atoms with Crippen molar-refractivity contribution in [1.82, 2.24) is 25.0 Å². The lowest BCUT2D eigenvalue weighted by Gasteiger charge is -2.25. The van der Waals surface area contributed by atoms with E-state index >= 15 is 0 Å². The summed E-state index contributed by atoms with van der Waals surface area (Å²) in [4.78, 5) is 45.0. The van der Waals surface area contributed by atoms with Crippen LogP contribution in [0.1, 0.15) is 15.9 Å². The molecular formula is C30H38Cl2N6O7. The van der Waals surface area contributed by atoms with Crippen LogP contribution in [-0.4, -0.2) is 104 Å². The van der Waals surface area contributed by atoms with Gasteiger partial charge in [-0.1, -0.05) is 47.5 Å². The van der Waals surface area contributed by atoms with Crippen LogP contribution in [0.15, 0.2) is 47.7 Å². The first-order valence-corrected chi connectivity index (χ1v) is 14.9. The number of nitrogens with two attached hydrogens (primary N) is 1. The van der Waals surface area contributed by atoms with Crippen molar-refractivity contribution >= 4 is 35.0 Å². The van der Waals surface area contributed by atoms with Gasteiger partial charge >= 0.3 is 0 Å². The van der Waals surface area contributed by atoms with E-state index in [2.05, 4.69) is 15.4 Å². The number of carbonyl (C=O) groups is 2. The van der Waals surface area contributed by atoms with Crippen molar-refractivity contribution in [2.24, 2.45) is 12.8 Å². The summed E-state index contributed by atoms with van der Waals surface area (Å²) in [6.07, 6.45) is 4.21. The van der Waals surface area contributed by atoms with Gasteiger partial charge in [-0.05, 0) is 11.1 Å². The molecule has 1 unspecified atom stereocenters. The van der Waals surface area contributed by atoms with Gasteiger partial charge in [-0.3, -0.25) is 19.4 Å². The maximum atomic E-state index is 13.6. The second-order valence-electron chi connectivity index (χ2n) is 9.81. The van der Waals surface area contributed by atoms with Gasteiger partial charge in [0.05, 0.1) is 74.1 Å². The fraction of sp³-hybridized carbons (Fsp3) is 0.433. The van der Waals surface area contributed by atoms with Crippen LogP contribution >= 0.6 is 23.2 Å². The van der Waals surface area contributed by atoms with Gasteiger partial charge in [-0.25, -0.2) is 4.68 Å². The molecular weight excluding hydrogens is 627 g/mol. The number of hydrogen-bond donors (Lipinski definition) is 2. The summed E-state index contributed by atoms with van der Waals surface area (Å²) in [5, 5.41) is 6.88. The first kappa shape index (κ1) is 35.9. The van der Waals surface area contributed by atoms with Crippen LogP contribution in [0.4, 0.5) is 0 Å². The highest BCUT2D eigenvalue weighted by Crippen LogP contribution is 2.26. The lowest BCUT2D eigenvalue weighted by molar-refractivity contribution is -0.132. The topological polar surface area (TPSA) is 160 Å². The molecule has 3 aromatic rings. The molecule has 2 amide bonds. The minimum absolute atomic E-state index is 0.0153. The third-order valence-corrected chi connectivity index (χ3v) is 7.22. The number of methoxy groups -OCH3 is 1. The molecule has 0 aliphatic rings. The van der Waals surface area contributed by atoms with Gasteiger partial charge in [0, 0.05) is 46.0 Å². The highest BCUT2D eigenvalue weighted by Gasteiger charge is 2.27. The molecule has 1 atom stereocenters. The Labute approximate surface area is 271 Å². The number of aromatic nitrogens is 3. The van der Waals surface area contributed by atoms with E-state index in [1.807, 2.05) is 0 Å². The zero-order valence-electron chi connectivity index (χ0n) is 25.5. The summed E-state index contributed by atoms with van der Waals surface area (Å²) in [6.45, 7) is 3.08. The minimum atomic E-state index is -0.978. The molecule has 45 heavy (non-hydrogen) atoms. The molecule has 0 fully saturated rings. The standard InChI is InChI=1S/C30H38Cl2N6O7/c1-37(9-11-44-13-15-45-14-12-43-10-8-33)29(40)24(36-28(39)27-22(31)17-34-18-23(27)32)16-20-4-6-21(7-5-20)26-25(42-3)19-35-38(2)30(26)41/h4-7,17-19,24H,8-16,33H2,1-3H3,(H,36,39). The molecule has 0 spiro atoms. The van der Waals surface area contributed by atoms with Crippen molar-refractivity contribution in [2.45, 2.75) is 12.5 Å². The van der Waals surface area contributed by atoms with Crippen LogP contribution < -0.4 is 21.3 Å². The fourth-order valence-electron chi connectivity index (χ4n) is 4.25. The second-order valence-corrected chi connectivity index (χ2v) is 10.6. The van der Waals surface area contributed by atoms with Gasteiger partial charge < -0.3 is 34.9 Å². The molecule has 0 saturated carbocycles. The number of pyridine rings is 1. The van der Waals surface area contributed by atoms with Gasteiger partial charge in [-0.15, -0.1) is 0 Å². The summed E-state index contributed by atoms with van der Waals surface area (Å²) in [6, 6.07) is 6.07. The maximum absolute atomic E-state index is 13.6. The number of benzene rings is 1. The van der Waals surface area contributed by atoms with Gasteiger partial charge in [0.2, 0.25) is 5.91 Å². The Balaban J connectivity index is 1.70. The molecule has 3 N–H and O–H groups in total. The van der Waals surface area contributed by atoms with E-state index in [9.17, 15) is 14.4 Å². The van der Waals surface area contributed by atoms with Crippen LogP contribution in [-0.2, 0) is 32.5 Å². The number of hydrogen-bond acceptors (Lipinski definition) is 10. The van der Waals surface area contributed by atoms with Crippen molar-refractivity contribution in [3.63, 3.8) is 0 Å². The highest BCUT2D eigenvalue weighted by atomic mass is 35.5. The van der Waals surface area contributed by atoms with Gasteiger partial charge in [0.1, 0.15) is 6.04 Å². The largest absolute Gasteiger partial charge is 0.494 e. The Kier molecular flexibility index (Phi) is 14.7. The van der Waals surface area contributed by atoms with Crippen LogP contribution in [0.25, 0.3) is 11.1 Å². The van der Waals surface area contributed by atoms with E-state index in [1.54, 1.807) is 38.4 Å². The van der Waals surface area contributed by atoms with Crippen molar-refractivity contribution in [3.05, 3.63) is 74.4 Å². The molecule has 0 aliphatic heterocycles. The van der Waals surface area contributed by atoms with Crippen molar-refractivity contribution < 1.29 is 28.5 Å². The van der Waals surface area contributed by atoms with Crippen LogP contribution in [0.3, 0.4) is 0 Å². The Bertz CT molecular complexity index is 1450. The third-order valence-electron chi connectivity index (χ3n) is 6.64. The van der Waals surface area contributed by atoms with Gasteiger partial charge in [0.25, 0.3) is 11.5 Å². The zero-order chi connectivity index (χ0) is 32.8. The number of rotatable bonds is 18. The van der Waals surface area contributed by atoms with E-state index in [0.717, 1.165) is 5.56 Å². The predicted molar refractivity (Wildman–Crippen MR) is 170 cm³/mol. The second kappa shape index (κ2) is 18.4. The zero-order valence-corrected chi connectivity index (χ0v) is 27.0. The van der Waals surface area contributed by atoms with E-state index in [0.29, 0.717) is 56.5 Å². The molecule has 15 heteroatoms. The molecule has 2 aromatic heterocycles. The van der Waals surface area contributed by atoms with E-state index < -0.39 is 11.9 Å². The number of ether oxygens (including phenoxy) is 4. The summed E-state index contributed by atoms with van der Waals surface area (Å²) in [5.74, 6) is -0.635. The average Bonchev–Trinajstić information content (AvgIpc) is 3.02. The first-order chi connectivity index (χ1) is 21.7. The number of carbonyl (C=O) groups excluding carboxylic acids is 2. The third kappa shape index (κ3) is 10.5. The molecule has 0 radical (unpaired) electrons. The molecule has 13 nitrogen and oxygen atoms in total. The molecule has 3 rings (SSSR count). The minimum Gasteiger partial charge on any atom is -0.494 e. The molecule has 0 bridgehead atoms. The summed E-state index contributed by atoms with van der Waals surface area (Å²) < 4.78 is 22.8. The average molecular weight is 666 g/mol. The Morgan fingerprint density at radius 3 is 2.18 bits per heavy atom. The Morgan fingerprint density at radius 2 is 1.58 bits per heavy atom. The van der Waals surface area contributed by atoms with Crippen molar-refractivity contribution in [3.8, 4) is 16.9 Å². The lowest BCUT2D eigenvalue weighted by Crippen LogP contribution is -2.49. The Morgan fingerprint density at radius 1 is 0.978 bits per heavy atom. The van der Waals surface area contributed by atoms with E-state index in [4.69, 9.17) is 47.9 Å². The number of halogens is 2. The monoisotopic (exact) mass is 664 g/mol. The maximum Gasteiger partial charge on any atom is 0.278 e. The quantitative estimate of drug-likeness (QED) is 0.192.